The number of benzene rings is 1. The third-order valence-corrected chi connectivity index (χ3v) is 3.24. The van der Waals surface area contributed by atoms with E-state index in [-0.39, 0.29) is 18.2 Å². The van der Waals surface area contributed by atoms with Gasteiger partial charge in [-0.15, -0.1) is 0 Å². The summed E-state index contributed by atoms with van der Waals surface area (Å²) in [5, 5.41) is 8.96. The van der Waals surface area contributed by atoms with Crippen molar-refractivity contribution in [2.45, 2.75) is 12.3 Å². The summed E-state index contributed by atoms with van der Waals surface area (Å²) in [4.78, 5) is 26.6. The third kappa shape index (κ3) is 2.93. The van der Waals surface area contributed by atoms with E-state index in [1.54, 1.807) is 4.90 Å². The summed E-state index contributed by atoms with van der Waals surface area (Å²) in [6, 6.07) is 7.54. The number of carboxylic acid groups (broad SMARTS) is 1. The minimum absolute atomic E-state index is 0.00494. The van der Waals surface area contributed by atoms with Crippen molar-refractivity contribution in [2.24, 2.45) is 0 Å². The van der Waals surface area contributed by atoms with Crippen molar-refractivity contribution in [3.8, 4) is 0 Å². The zero-order valence-electron chi connectivity index (χ0n) is 11.2. The summed E-state index contributed by atoms with van der Waals surface area (Å²) < 4.78 is 0. The fourth-order valence-corrected chi connectivity index (χ4v) is 2.47. The molecule has 1 unspecified atom stereocenters. The molecule has 1 aliphatic heterocycles. The van der Waals surface area contributed by atoms with Gasteiger partial charge in [-0.05, 0) is 25.7 Å². The van der Waals surface area contributed by atoms with Crippen molar-refractivity contribution in [1.29, 1.82) is 0 Å². The van der Waals surface area contributed by atoms with Crippen LogP contribution in [0.4, 0.5) is 5.69 Å². The predicted octanol–water partition coefficient (Wildman–Crippen LogP) is 1.15. The maximum absolute atomic E-state index is 12.2. The molecule has 19 heavy (non-hydrogen) atoms. The second-order valence-electron chi connectivity index (χ2n) is 5.10. The molecule has 1 N–H and O–H groups in total. The molecule has 5 nitrogen and oxygen atoms in total. The summed E-state index contributed by atoms with van der Waals surface area (Å²) in [5.74, 6) is -0.938. The Kier molecular flexibility index (Phi) is 3.85. The van der Waals surface area contributed by atoms with Crippen LogP contribution in [0.2, 0.25) is 0 Å². The van der Waals surface area contributed by atoms with E-state index in [1.165, 1.54) is 0 Å². The first kappa shape index (κ1) is 13.5. The van der Waals surface area contributed by atoms with Crippen LogP contribution in [0.3, 0.4) is 0 Å². The third-order valence-electron chi connectivity index (χ3n) is 3.24. The molecular weight excluding hydrogens is 244 g/mol. The van der Waals surface area contributed by atoms with Crippen LogP contribution in [0, 0.1) is 0 Å². The number of likely N-dealkylation sites (N-methyl/N-ethyl adjacent to an activating group) is 1. The molecule has 1 heterocycles. The van der Waals surface area contributed by atoms with E-state index in [0.29, 0.717) is 13.1 Å². The van der Waals surface area contributed by atoms with Gasteiger partial charge in [-0.25, -0.2) is 0 Å². The highest BCUT2D eigenvalue weighted by atomic mass is 16.4. The minimum atomic E-state index is -0.832. The van der Waals surface area contributed by atoms with Crippen molar-refractivity contribution in [3.63, 3.8) is 0 Å². The first-order valence-electron chi connectivity index (χ1n) is 6.25. The van der Waals surface area contributed by atoms with Crippen molar-refractivity contribution in [2.75, 3.05) is 32.1 Å². The van der Waals surface area contributed by atoms with Crippen LogP contribution in [-0.4, -0.2) is 49.1 Å². The van der Waals surface area contributed by atoms with Gasteiger partial charge in [0.1, 0.15) is 0 Å². The number of fused-ring (bicyclic) bond motifs is 1. The number of anilines is 1. The number of hydrogen-bond acceptors (Lipinski definition) is 3. The van der Waals surface area contributed by atoms with Crippen LogP contribution >= 0.6 is 0 Å². The monoisotopic (exact) mass is 262 g/mol. The predicted molar refractivity (Wildman–Crippen MR) is 72.3 cm³/mol. The number of nitrogens with zero attached hydrogens (tertiary/aromatic N) is 2. The van der Waals surface area contributed by atoms with Crippen LogP contribution in [0.5, 0.6) is 0 Å². The standard InChI is InChI=1S/C14H18N2O3/c1-15(2)9-13(17)16-8-10(7-14(18)19)11-5-3-4-6-12(11)16/h3-6,10H,7-9H2,1-2H3,(H,18,19). The molecule has 0 bridgehead atoms. The molecule has 0 aliphatic carbocycles. The molecule has 0 saturated carbocycles. The first-order chi connectivity index (χ1) is 8.99. The maximum atomic E-state index is 12.2. The molecule has 102 valence electrons. The zero-order valence-corrected chi connectivity index (χ0v) is 11.2. The molecule has 0 radical (unpaired) electrons. The van der Waals surface area contributed by atoms with Crippen molar-refractivity contribution < 1.29 is 14.7 Å². The quantitative estimate of drug-likeness (QED) is 0.884. The molecule has 1 aliphatic rings. The summed E-state index contributed by atoms with van der Waals surface area (Å²) in [7, 11) is 3.68. The Labute approximate surface area is 112 Å². The second kappa shape index (κ2) is 5.40. The normalized spacial score (nSPS) is 17.6. The van der Waals surface area contributed by atoms with E-state index in [2.05, 4.69) is 0 Å². The molecule has 1 aromatic rings. The van der Waals surface area contributed by atoms with Gasteiger partial charge in [0.2, 0.25) is 5.91 Å². The molecule has 1 aromatic carbocycles. The van der Waals surface area contributed by atoms with E-state index < -0.39 is 5.97 Å². The van der Waals surface area contributed by atoms with Crippen LogP contribution in [0.25, 0.3) is 0 Å². The lowest BCUT2D eigenvalue weighted by molar-refractivity contribution is -0.137. The molecule has 0 spiro atoms. The highest BCUT2D eigenvalue weighted by Gasteiger charge is 2.33. The van der Waals surface area contributed by atoms with Gasteiger partial charge in [-0.3, -0.25) is 9.59 Å². The summed E-state index contributed by atoms with van der Waals surface area (Å²) >= 11 is 0. The SMILES string of the molecule is CN(C)CC(=O)N1CC(CC(=O)O)c2ccccc21. The van der Waals surface area contributed by atoms with Gasteiger partial charge in [0.25, 0.3) is 0 Å². The Morgan fingerprint density at radius 1 is 1.37 bits per heavy atom. The van der Waals surface area contributed by atoms with E-state index in [0.717, 1.165) is 11.3 Å². The number of carboxylic acids is 1. The summed E-state index contributed by atoms with van der Waals surface area (Å²) in [6.07, 6.45) is 0.0583. The molecule has 1 amide bonds. The average Bonchev–Trinajstić information content (AvgIpc) is 2.67. The Hall–Kier alpha value is -1.88. The van der Waals surface area contributed by atoms with Crippen LogP contribution in [-0.2, 0) is 9.59 Å². The van der Waals surface area contributed by atoms with Crippen LogP contribution in [0.15, 0.2) is 24.3 Å². The van der Waals surface area contributed by atoms with Gasteiger partial charge in [0.05, 0.1) is 13.0 Å². The fraction of sp³-hybridized carbons (Fsp3) is 0.429. The average molecular weight is 262 g/mol. The van der Waals surface area contributed by atoms with Crippen molar-refractivity contribution in [3.05, 3.63) is 29.8 Å². The zero-order chi connectivity index (χ0) is 14.0. The van der Waals surface area contributed by atoms with Crippen LogP contribution < -0.4 is 4.90 Å². The lowest BCUT2D eigenvalue weighted by atomic mass is 9.98. The molecule has 2 rings (SSSR count). The van der Waals surface area contributed by atoms with E-state index in [9.17, 15) is 9.59 Å². The molecular formula is C14H18N2O3. The van der Waals surface area contributed by atoms with Gasteiger partial charge in [-0.1, -0.05) is 18.2 Å². The topological polar surface area (TPSA) is 60.9 Å². The number of amides is 1. The maximum Gasteiger partial charge on any atom is 0.304 e. The smallest absolute Gasteiger partial charge is 0.304 e. The Bertz CT molecular complexity index is 499. The number of carbonyl (C=O) groups is 2. The molecule has 0 aromatic heterocycles. The van der Waals surface area contributed by atoms with Gasteiger partial charge in [-0.2, -0.15) is 0 Å². The summed E-state index contributed by atoms with van der Waals surface area (Å²) in [5.41, 5.74) is 1.80. The van der Waals surface area contributed by atoms with Gasteiger partial charge >= 0.3 is 5.97 Å². The minimum Gasteiger partial charge on any atom is -0.481 e. The van der Waals surface area contributed by atoms with Crippen molar-refractivity contribution >= 4 is 17.6 Å². The van der Waals surface area contributed by atoms with Crippen LogP contribution in [0.1, 0.15) is 17.9 Å². The largest absolute Gasteiger partial charge is 0.481 e. The van der Waals surface area contributed by atoms with E-state index >= 15 is 0 Å². The number of aliphatic carboxylic acids is 1. The number of carbonyl (C=O) groups excluding carboxylic acids is 1. The van der Waals surface area contributed by atoms with E-state index in [4.69, 9.17) is 5.11 Å². The highest BCUT2D eigenvalue weighted by molar-refractivity contribution is 5.97. The molecule has 0 fully saturated rings. The van der Waals surface area contributed by atoms with Crippen molar-refractivity contribution in [1.82, 2.24) is 4.90 Å². The van der Waals surface area contributed by atoms with Gasteiger partial charge in [0.15, 0.2) is 0 Å². The number of para-hydroxylation sites is 1. The fourth-order valence-electron chi connectivity index (χ4n) is 2.47. The molecule has 0 saturated heterocycles. The lowest BCUT2D eigenvalue weighted by Crippen LogP contribution is -2.37. The van der Waals surface area contributed by atoms with E-state index in [1.807, 2.05) is 43.3 Å². The molecule has 5 heteroatoms. The Morgan fingerprint density at radius 3 is 2.68 bits per heavy atom. The number of hydrogen-bond donors (Lipinski definition) is 1. The second-order valence-corrected chi connectivity index (χ2v) is 5.10. The Balaban J connectivity index is 2.24. The highest BCUT2D eigenvalue weighted by Crippen LogP contribution is 2.37. The molecule has 1 atom stereocenters. The number of rotatable bonds is 4. The van der Waals surface area contributed by atoms with Gasteiger partial charge in [0, 0.05) is 18.2 Å². The first-order valence-corrected chi connectivity index (χ1v) is 6.25. The van der Waals surface area contributed by atoms with Gasteiger partial charge < -0.3 is 14.9 Å². The Morgan fingerprint density at radius 2 is 2.05 bits per heavy atom. The lowest BCUT2D eigenvalue weighted by Gasteiger charge is -2.20. The summed E-state index contributed by atoms with van der Waals surface area (Å²) in [6.45, 7) is 0.784.